The summed E-state index contributed by atoms with van der Waals surface area (Å²) in [5, 5.41) is 68.9. The van der Waals surface area contributed by atoms with E-state index in [4.69, 9.17) is 9.47 Å². The molecule has 2 aliphatic rings. The molecule has 0 radical (unpaired) electrons. The first kappa shape index (κ1) is 22.2. The van der Waals surface area contributed by atoms with Gasteiger partial charge in [0.2, 0.25) is 0 Å². The van der Waals surface area contributed by atoms with E-state index in [0.717, 1.165) is 18.2 Å². The van der Waals surface area contributed by atoms with Crippen molar-refractivity contribution in [2.45, 2.75) is 31.7 Å². The van der Waals surface area contributed by atoms with Crippen molar-refractivity contribution in [2.24, 2.45) is 5.92 Å². The van der Waals surface area contributed by atoms with Gasteiger partial charge in [0.25, 0.3) is 0 Å². The number of aromatic hydroxyl groups is 5. The number of fused-ring (bicyclic) bond motifs is 1. The molecular weight excluding hydrogens is 436 g/mol. The fourth-order valence-corrected chi connectivity index (χ4v) is 3.85. The van der Waals surface area contributed by atoms with E-state index in [2.05, 4.69) is 0 Å². The highest BCUT2D eigenvalue weighted by Gasteiger charge is 2.37. The molecule has 0 aromatic heterocycles. The van der Waals surface area contributed by atoms with Crippen LogP contribution in [0.3, 0.4) is 0 Å². The molecule has 0 spiro atoms. The second-order valence-electron chi connectivity index (χ2n) is 8.04. The molecule has 2 aromatic rings. The van der Waals surface area contributed by atoms with E-state index in [1.165, 1.54) is 18.2 Å². The number of ether oxygens (including phenoxy) is 2. The number of rotatable bonds is 3. The largest absolute Gasteiger partial charge is 0.510 e. The van der Waals surface area contributed by atoms with Gasteiger partial charge in [0.1, 0.15) is 23.7 Å². The number of aliphatic hydroxyl groups is 2. The fraction of sp³-hybridized carbons (Fsp3) is 0.261. The van der Waals surface area contributed by atoms with Gasteiger partial charge in [-0.2, -0.15) is 0 Å². The van der Waals surface area contributed by atoms with Crippen LogP contribution in [0.25, 0.3) is 0 Å². The molecule has 0 bridgehead atoms. The third-order valence-corrected chi connectivity index (χ3v) is 5.63. The molecule has 1 aliphatic carbocycles. The molecular formula is C23H22O10. The Labute approximate surface area is 187 Å². The molecule has 33 heavy (non-hydrogen) atoms. The summed E-state index contributed by atoms with van der Waals surface area (Å²) in [5.74, 6) is -4.36. The summed E-state index contributed by atoms with van der Waals surface area (Å²) in [6, 6.07) is 4.71. The van der Waals surface area contributed by atoms with Crippen molar-refractivity contribution in [3.63, 3.8) is 0 Å². The predicted molar refractivity (Wildman–Crippen MR) is 112 cm³/mol. The van der Waals surface area contributed by atoms with Gasteiger partial charge in [-0.05, 0) is 24.3 Å². The first-order valence-electron chi connectivity index (χ1n) is 10.0. The van der Waals surface area contributed by atoms with Crippen LogP contribution in [0.4, 0.5) is 0 Å². The second kappa shape index (κ2) is 8.14. The van der Waals surface area contributed by atoms with Crippen LogP contribution in [-0.4, -0.2) is 53.9 Å². The average Bonchev–Trinajstić information content (AvgIpc) is 2.75. The fourth-order valence-electron chi connectivity index (χ4n) is 3.85. The smallest absolute Gasteiger partial charge is 0.338 e. The van der Waals surface area contributed by atoms with Crippen LogP contribution < -0.4 is 4.74 Å². The molecule has 1 aliphatic heterocycles. The number of esters is 1. The van der Waals surface area contributed by atoms with Crippen LogP contribution in [0.5, 0.6) is 34.5 Å². The van der Waals surface area contributed by atoms with E-state index in [9.17, 15) is 40.5 Å². The highest BCUT2D eigenvalue weighted by atomic mass is 16.6. The average molecular weight is 458 g/mol. The Balaban J connectivity index is 1.71. The predicted octanol–water partition coefficient (Wildman–Crippen LogP) is 2.18. The molecule has 10 heteroatoms. The van der Waals surface area contributed by atoms with Crippen molar-refractivity contribution in [2.75, 3.05) is 0 Å². The Morgan fingerprint density at radius 3 is 2.24 bits per heavy atom. The normalized spacial score (nSPS) is 24.2. The summed E-state index contributed by atoms with van der Waals surface area (Å²) < 4.78 is 11.5. The Morgan fingerprint density at radius 1 is 0.970 bits per heavy atom. The second-order valence-corrected chi connectivity index (χ2v) is 8.04. The van der Waals surface area contributed by atoms with Gasteiger partial charge < -0.3 is 45.2 Å². The van der Waals surface area contributed by atoms with Gasteiger partial charge in [-0.25, -0.2) is 4.79 Å². The van der Waals surface area contributed by atoms with Crippen LogP contribution >= 0.6 is 0 Å². The maximum Gasteiger partial charge on any atom is 0.338 e. The van der Waals surface area contributed by atoms with Crippen molar-refractivity contribution in [3.8, 4) is 34.5 Å². The summed E-state index contributed by atoms with van der Waals surface area (Å²) in [4.78, 5) is 12.9. The lowest BCUT2D eigenvalue weighted by atomic mass is 9.92. The van der Waals surface area contributed by atoms with Crippen molar-refractivity contribution < 1.29 is 50.0 Å². The number of hydrogen-bond donors (Lipinski definition) is 7. The molecule has 2 aromatic carbocycles. The minimum absolute atomic E-state index is 0.0137. The number of hydrogen-bond acceptors (Lipinski definition) is 10. The molecule has 10 nitrogen and oxygen atoms in total. The first-order chi connectivity index (χ1) is 15.5. The monoisotopic (exact) mass is 458 g/mol. The van der Waals surface area contributed by atoms with Crippen molar-refractivity contribution in [1.29, 1.82) is 0 Å². The van der Waals surface area contributed by atoms with Crippen LogP contribution in [0, 0.1) is 5.92 Å². The van der Waals surface area contributed by atoms with Gasteiger partial charge >= 0.3 is 5.97 Å². The minimum Gasteiger partial charge on any atom is -0.510 e. The lowest BCUT2D eigenvalue weighted by Gasteiger charge is -2.34. The summed E-state index contributed by atoms with van der Waals surface area (Å²) >= 11 is 0. The molecule has 4 atom stereocenters. The third kappa shape index (κ3) is 4.08. The number of benzene rings is 2. The molecule has 1 heterocycles. The first-order valence-corrected chi connectivity index (χ1v) is 10.0. The number of phenolic OH excluding ortho intramolecular Hbond substituents is 5. The van der Waals surface area contributed by atoms with E-state index in [0.29, 0.717) is 5.56 Å². The molecule has 0 amide bonds. The Bertz CT molecular complexity index is 1160. The van der Waals surface area contributed by atoms with Gasteiger partial charge in [-0.15, -0.1) is 0 Å². The van der Waals surface area contributed by atoms with Crippen molar-refractivity contribution in [1.82, 2.24) is 0 Å². The van der Waals surface area contributed by atoms with Crippen molar-refractivity contribution >= 4 is 5.97 Å². The van der Waals surface area contributed by atoms with E-state index in [-0.39, 0.29) is 29.1 Å². The zero-order valence-electron chi connectivity index (χ0n) is 17.3. The van der Waals surface area contributed by atoms with Crippen LogP contribution in [0.1, 0.15) is 24.2 Å². The van der Waals surface area contributed by atoms with Crippen LogP contribution in [-0.2, 0) is 16.0 Å². The van der Waals surface area contributed by atoms with E-state index < -0.39 is 58.9 Å². The third-order valence-electron chi connectivity index (χ3n) is 5.63. The molecule has 0 fully saturated rings. The van der Waals surface area contributed by atoms with Crippen LogP contribution in [0.15, 0.2) is 47.7 Å². The number of phenols is 5. The van der Waals surface area contributed by atoms with E-state index in [1.807, 2.05) is 0 Å². The minimum atomic E-state index is -1.14. The SMILES string of the molecule is CC1C=C(C(=O)OC2Cc3cc(O)c(O)cc3OC2c2cc(O)c(O)c(O)c2)C=C(O)C1O. The van der Waals surface area contributed by atoms with E-state index >= 15 is 0 Å². The Morgan fingerprint density at radius 2 is 1.61 bits per heavy atom. The lowest BCUT2D eigenvalue weighted by Crippen LogP contribution is -2.35. The summed E-state index contributed by atoms with van der Waals surface area (Å²) in [5.41, 5.74) is 0.602. The van der Waals surface area contributed by atoms with Gasteiger partial charge in [0.15, 0.2) is 34.9 Å². The van der Waals surface area contributed by atoms with Crippen molar-refractivity contribution in [3.05, 3.63) is 58.9 Å². The van der Waals surface area contributed by atoms with Crippen LogP contribution in [0.2, 0.25) is 0 Å². The molecule has 4 unspecified atom stereocenters. The lowest BCUT2D eigenvalue weighted by molar-refractivity contribution is -0.150. The molecule has 0 saturated carbocycles. The number of aliphatic hydroxyl groups excluding tert-OH is 2. The Kier molecular flexibility index (Phi) is 5.46. The number of carbonyl (C=O) groups is 1. The quantitative estimate of drug-likeness (QED) is 0.266. The molecule has 4 rings (SSSR count). The summed E-state index contributed by atoms with van der Waals surface area (Å²) in [6.07, 6.45) is -0.673. The molecule has 7 N–H and O–H groups in total. The van der Waals surface area contributed by atoms with Gasteiger partial charge in [0.05, 0.1) is 5.57 Å². The van der Waals surface area contributed by atoms with E-state index in [1.54, 1.807) is 6.92 Å². The van der Waals surface area contributed by atoms with Gasteiger partial charge in [-0.3, -0.25) is 0 Å². The van der Waals surface area contributed by atoms with Gasteiger partial charge in [0, 0.05) is 29.5 Å². The highest BCUT2D eigenvalue weighted by Crippen LogP contribution is 2.45. The maximum atomic E-state index is 12.9. The topological polar surface area (TPSA) is 177 Å². The molecule has 174 valence electrons. The zero-order valence-corrected chi connectivity index (χ0v) is 17.3. The highest BCUT2D eigenvalue weighted by molar-refractivity contribution is 5.92. The Hall–Kier alpha value is -4.05. The maximum absolute atomic E-state index is 12.9. The zero-order chi connectivity index (χ0) is 24.0. The number of carbonyl (C=O) groups excluding carboxylic acids is 1. The summed E-state index contributed by atoms with van der Waals surface area (Å²) in [6.45, 7) is 1.61. The summed E-state index contributed by atoms with van der Waals surface area (Å²) in [7, 11) is 0. The standard InChI is InChI=1S/C23H22O10/c1-9-2-12(6-15(26)20(9)29)23(31)33-19-7-10-3-13(24)14(25)8-18(10)32-22(19)11-4-16(27)21(30)17(28)5-11/h2-6,8-9,19-20,22,24-30H,7H2,1H3. The molecule has 0 saturated heterocycles. The van der Waals surface area contributed by atoms with Gasteiger partial charge in [-0.1, -0.05) is 13.0 Å².